The van der Waals surface area contributed by atoms with Crippen molar-refractivity contribution in [2.75, 3.05) is 12.3 Å². The van der Waals surface area contributed by atoms with Crippen molar-refractivity contribution in [3.63, 3.8) is 0 Å². The first-order chi connectivity index (χ1) is 8.74. The maximum absolute atomic E-state index is 12.3. The van der Waals surface area contributed by atoms with Crippen LogP contribution in [0.2, 0.25) is 0 Å². The number of hydrogen-bond acceptors (Lipinski definition) is 4. The van der Waals surface area contributed by atoms with Crippen LogP contribution < -0.4 is 5.73 Å². The number of amides is 1. The fraction of sp³-hybridized carbons (Fsp3) is 0.250. The molecule has 3 heterocycles. The molecule has 18 heavy (non-hydrogen) atoms. The first-order valence-corrected chi connectivity index (χ1v) is 5.75. The number of anilines is 1. The molecule has 0 saturated heterocycles. The smallest absolute Gasteiger partial charge is 0.254 e. The number of hydrogen-bond donors (Lipinski definition) is 1. The number of nitrogens with zero attached hydrogens (tertiary/aromatic N) is 4. The van der Waals surface area contributed by atoms with E-state index in [1.165, 1.54) is 0 Å². The SMILES string of the molecule is Nc1cc(C(=O)N2CCn3ccnc3C2)ccn1. The number of nitrogens with two attached hydrogens (primary N) is 1. The summed E-state index contributed by atoms with van der Waals surface area (Å²) in [4.78, 5) is 22.2. The monoisotopic (exact) mass is 243 g/mol. The molecule has 1 aliphatic rings. The van der Waals surface area contributed by atoms with E-state index in [2.05, 4.69) is 14.5 Å². The summed E-state index contributed by atoms with van der Waals surface area (Å²) in [6, 6.07) is 3.28. The quantitative estimate of drug-likeness (QED) is 0.792. The van der Waals surface area contributed by atoms with E-state index in [1.54, 1.807) is 29.4 Å². The third-order valence-electron chi connectivity index (χ3n) is 3.06. The Bertz CT molecular complexity index is 592. The number of carbonyl (C=O) groups excluding carboxylic acids is 1. The molecule has 2 N–H and O–H groups in total. The van der Waals surface area contributed by atoms with Crippen molar-refractivity contribution in [2.24, 2.45) is 0 Å². The molecule has 0 aliphatic carbocycles. The Morgan fingerprint density at radius 2 is 2.17 bits per heavy atom. The zero-order chi connectivity index (χ0) is 12.5. The Balaban J connectivity index is 1.83. The van der Waals surface area contributed by atoms with Crippen molar-refractivity contribution in [2.45, 2.75) is 13.1 Å². The maximum atomic E-state index is 12.3. The van der Waals surface area contributed by atoms with Gasteiger partial charge >= 0.3 is 0 Å². The minimum atomic E-state index is -0.0293. The van der Waals surface area contributed by atoms with Crippen LogP contribution in [0.15, 0.2) is 30.7 Å². The van der Waals surface area contributed by atoms with Crippen LogP contribution in [0.4, 0.5) is 5.82 Å². The van der Waals surface area contributed by atoms with Crippen LogP contribution in [0.1, 0.15) is 16.2 Å². The van der Waals surface area contributed by atoms with Crippen molar-refractivity contribution in [1.82, 2.24) is 19.4 Å². The Kier molecular flexibility index (Phi) is 2.47. The lowest BCUT2D eigenvalue weighted by atomic mass is 10.2. The molecule has 1 amide bonds. The average molecular weight is 243 g/mol. The van der Waals surface area contributed by atoms with Gasteiger partial charge in [-0.25, -0.2) is 9.97 Å². The average Bonchev–Trinajstić information content (AvgIpc) is 2.85. The van der Waals surface area contributed by atoms with Gasteiger partial charge in [-0.2, -0.15) is 0 Å². The summed E-state index contributed by atoms with van der Waals surface area (Å²) in [7, 11) is 0. The van der Waals surface area contributed by atoms with E-state index in [0.29, 0.717) is 24.5 Å². The standard InChI is InChI=1S/C12H13N5O/c13-10-7-9(1-2-14-10)12(18)17-6-5-16-4-3-15-11(16)8-17/h1-4,7H,5-6,8H2,(H2,13,14). The lowest BCUT2D eigenvalue weighted by Gasteiger charge is -2.27. The van der Waals surface area contributed by atoms with Crippen LogP contribution in [-0.2, 0) is 13.1 Å². The van der Waals surface area contributed by atoms with Gasteiger partial charge in [0.05, 0.1) is 6.54 Å². The molecule has 6 heteroatoms. The van der Waals surface area contributed by atoms with Gasteiger partial charge in [-0.1, -0.05) is 0 Å². The molecule has 0 spiro atoms. The van der Waals surface area contributed by atoms with Gasteiger partial charge in [-0.3, -0.25) is 4.79 Å². The number of imidazole rings is 1. The highest BCUT2D eigenvalue weighted by Gasteiger charge is 2.22. The summed E-state index contributed by atoms with van der Waals surface area (Å²) >= 11 is 0. The molecule has 0 fully saturated rings. The summed E-state index contributed by atoms with van der Waals surface area (Å²) < 4.78 is 2.06. The summed E-state index contributed by atoms with van der Waals surface area (Å²) in [6.07, 6.45) is 5.24. The van der Waals surface area contributed by atoms with Crippen LogP contribution in [0.3, 0.4) is 0 Å². The Morgan fingerprint density at radius 3 is 3.00 bits per heavy atom. The zero-order valence-electron chi connectivity index (χ0n) is 9.78. The minimum absolute atomic E-state index is 0.0293. The first-order valence-electron chi connectivity index (χ1n) is 5.75. The number of rotatable bonds is 1. The van der Waals surface area contributed by atoms with Gasteiger partial charge in [-0.05, 0) is 12.1 Å². The van der Waals surface area contributed by atoms with Gasteiger partial charge in [0, 0.05) is 37.2 Å². The Labute approximate surface area is 104 Å². The van der Waals surface area contributed by atoms with E-state index in [9.17, 15) is 4.79 Å². The first kappa shape index (κ1) is 10.8. The van der Waals surface area contributed by atoms with E-state index in [4.69, 9.17) is 5.73 Å². The molecule has 6 nitrogen and oxygen atoms in total. The number of aromatic nitrogens is 3. The molecular weight excluding hydrogens is 230 g/mol. The number of nitrogen functional groups attached to an aromatic ring is 1. The normalized spacial score (nSPS) is 14.3. The van der Waals surface area contributed by atoms with Gasteiger partial charge in [0.25, 0.3) is 5.91 Å². The Morgan fingerprint density at radius 1 is 1.28 bits per heavy atom. The van der Waals surface area contributed by atoms with Crippen molar-refractivity contribution < 1.29 is 4.79 Å². The van der Waals surface area contributed by atoms with Gasteiger partial charge in [0.15, 0.2) is 0 Å². The fourth-order valence-corrected chi connectivity index (χ4v) is 2.11. The van der Waals surface area contributed by atoms with Gasteiger partial charge in [0.1, 0.15) is 11.6 Å². The van der Waals surface area contributed by atoms with Crippen LogP contribution in [0, 0.1) is 0 Å². The minimum Gasteiger partial charge on any atom is -0.384 e. The lowest BCUT2D eigenvalue weighted by molar-refractivity contribution is 0.0707. The highest BCUT2D eigenvalue weighted by atomic mass is 16.2. The number of fused-ring (bicyclic) bond motifs is 1. The van der Waals surface area contributed by atoms with Gasteiger partial charge in [-0.15, -0.1) is 0 Å². The molecule has 92 valence electrons. The molecular formula is C12H13N5O. The van der Waals surface area contributed by atoms with E-state index in [1.807, 2.05) is 6.20 Å². The molecule has 0 radical (unpaired) electrons. The highest BCUT2D eigenvalue weighted by molar-refractivity contribution is 5.94. The molecule has 0 bridgehead atoms. The van der Waals surface area contributed by atoms with E-state index in [-0.39, 0.29) is 5.91 Å². The molecule has 2 aromatic heterocycles. The molecule has 0 saturated carbocycles. The molecule has 0 unspecified atom stereocenters. The summed E-state index contributed by atoms with van der Waals surface area (Å²) in [5.74, 6) is 1.24. The number of pyridine rings is 1. The van der Waals surface area contributed by atoms with Crippen molar-refractivity contribution >= 4 is 11.7 Å². The highest BCUT2D eigenvalue weighted by Crippen LogP contribution is 2.14. The molecule has 1 aliphatic heterocycles. The summed E-state index contributed by atoms with van der Waals surface area (Å²) in [5.41, 5.74) is 6.16. The second-order valence-corrected chi connectivity index (χ2v) is 4.23. The van der Waals surface area contributed by atoms with Crippen molar-refractivity contribution in [3.8, 4) is 0 Å². The Hall–Kier alpha value is -2.37. The molecule has 0 atom stereocenters. The van der Waals surface area contributed by atoms with Crippen LogP contribution in [0.5, 0.6) is 0 Å². The van der Waals surface area contributed by atoms with Crippen LogP contribution >= 0.6 is 0 Å². The number of carbonyl (C=O) groups is 1. The fourth-order valence-electron chi connectivity index (χ4n) is 2.11. The second kappa shape index (κ2) is 4.14. The third-order valence-corrected chi connectivity index (χ3v) is 3.06. The predicted molar refractivity (Wildman–Crippen MR) is 65.6 cm³/mol. The van der Waals surface area contributed by atoms with Crippen molar-refractivity contribution in [1.29, 1.82) is 0 Å². The van der Waals surface area contributed by atoms with Crippen LogP contribution in [-0.4, -0.2) is 31.9 Å². The van der Waals surface area contributed by atoms with E-state index in [0.717, 1.165) is 12.4 Å². The van der Waals surface area contributed by atoms with Gasteiger partial charge in [0.2, 0.25) is 0 Å². The second-order valence-electron chi connectivity index (χ2n) is 4.23. The van der Waals surface area contributed by atoms with E-state index < -0.39 is 0 Å². The summed E-state index contributed by atoms with van der Waals surface area (Å²) in [6.45, 7) is 2.00. The zero-order valence-corrected chi connectivity index (χ0v) is 9.78. The molecule has 2 aromatic rings. The molecule has 3 rings (SSSR count). The predicted octanol–water partition coefficient (Wildman–Crippen LogP) is 0.516. The summed E-state index contributed by atoms with van der Waals surface area (Å²) in [5, 5.41) is 0. The van der Waals surface area contributed by atoms with E-state index >= 15 is 0 Å². The van der Waals surface area contributed by atoms with Crippen LogP contribution in [0.25, 0.3) is 0 Å². The third kappa shape index (κ3) is 1.81. The topological polar surface area (TPSA) is 77.0 Å². The maximum Gasteiger partial charge on any atom is 0.254 e. The largest absolute Gasteiger partial charge is 0.384 e. The lowest BCUT2D eigenvalue weighted by Crippen LogP contribution is -2.38. The van der Waals surface area contributed by atoms with Crippen molar-refractivity contribution in [3.05, 3.63) is 42.1 Å². The molecule has 0 aromatic carbocycles. The van der Waals surface area contributed by atoms with Gasteiger partial charge < -0.3 is 15.2 Å².